The number of carbonyl (C=O) groups excluding carboxylic acids is 2. The number of quaternary nitrogens is 1. The van der Waals surface area contributed by atoms with Crippen molar-refractivity contribution >= 4 is 17.5 Å². The van der Waals surface area contributed by atoms with Crippen LogP contribution in [0.25, 0.3) is 0 Å². The summed E-state index contributed by atoms with van der Waals surface area (Å²) in [5, 5.41) is 5.90. The molecule has 1 unspecified atom stereocenters. The number of carbonyl (C=O) groups is 2. The predicted molar refractivity (Wildman–Crippen MR) is 116 cm³/mol. The van der Waals surface area contributed by atoms with E-state index in [2.05, 4.69) is 22.8 Å². The number of ether oxygens (including phenoxy) is 1. The maximum Gasteiger partial charge on any atom is 0.279 e. The highest BCUT2D eigenvalue weighted by Gasteiger charge is 2.15. The van der Waals surface area contributed by atoms with Crippen molar-refractivity contribution in [1.82, 2.24) is 5.32 Å². The lowest BCUT2D eigenvalue weighted by Gasteiger charge is -2.16. The number of benzene rings is 2. The van der Waals surface area contributed by atoms with Gasteiger partial charge < -0.3 is 20.3 Å². The van der Waals surface area contributed by atoms with E-state index in [9.17, 15) is 9.59 Å². The highest BCUT2D eigenvalue weighted by molar-refractivity contribution is 5.93. The van der Waals surface area contributed by atoms with E-state index in [1.807, 2.05) is 52.1 Å². The molecule has 2 aromatic carbocycles. The Morgan fingerprint density at radius 1 is 0.966 bits per heavy atom. The Balaban J connectivity index is 1.74. The van der Waals surface area contributed by atoms with E-state index < -0.39 is 0 Å². The Morgan fingerprint density at radius 2 is 1.55 bits per heavy atom. The molecule has 0 aliphatic heterocycles. The van der Waals surface area contributed by atoms with Crippen LogP contribution in [0, 0.1) is 20.8 Å². The van der Waals surface area contributed by atoms with Gasteiger partial charge in [0.2, 0.25) is 0 Å². The van der Waals surface area contributed by atoms with Crippen molar-refractivity contribution in [3.05, 3.63) is 58.7 Å². The second kappa shape index (κ2) is 10.6. The molecule has 6 heteroatoms. The number of methoxy groups -OCH3 is 1. The fourth-order valence-corrected chi connectivity index (χ4v) is 3.37. The van der Waals surface area contributed by atoms with Gasteiger partial charge in [-0.2, -0.15) is 0 Å². The van der Waals surface area contributed by atoms with E-state index >= 15 is 0 Å². The fourth-order valence-electron chi connectivity index (χ4n) is 3.37. The van der Waals surface area contributed by atoms with Gasteiger partial charge in [0.15, 0.2) is 13.1 Å². The van der Waals surface area contributed by atoms with Crippen LogP contribution in [0.1, 0.15) is 22.3 Å². The average molecular weight is 399 g/mol. The average Bonchev–Trinajstić information content (AvgIpc) is 2.65. The molecule has 0 radical (unpaired) electrons. The highest BCUT2D eigenvalue weighted by atomic mass is 16.5. The normalized spacial score (nSPS) is 11.6. The lowest BCUT2D eigenvalue weighted by Crippen LogP contribution is -3.11. The molecule has 0 spiro atoms. The Bertz CT molecular complexity index is 824. The molecule has 156 valence electrons. The molecular formula is C23H32N3O3+. The SMILES string of the molecule is COc1ccc(CCNC(=O)C[NH+](C)CC(=O)Nc2c(C)cc(C)cc2C)cc1. The molecular weight excluding hydrogens is 366 g/mol. The number of anilines is 1. The minimum Gasteiger partial charge on any atom is -0.497 e. The summed E-state index contributed by atoms with van der Waals surface area (Å²) >= 11 is 0. The standard InChI is InChI=1S/C23H31N3O3/c1-16-12-17(2)23(18(3)13-16)25-22(28)15-26(4)14-21(27)24-11-10-19-6-8-20(29-5)9-7-19/h6-9,12-13H,10-11,14-15H2,1-5H3,(H,24,27)(H,25,28)/p+1. The third-order valence-corrected chi connectivity index (χ3v) is 4.76. The summed E-state index contributed by atoms with van der Waals surface area (Å²) in [4.78, 5) is 25.4. The van der Waals surface area contributed by atoms with Gasteiger partial charge in [-0.15, -0.1) is 0 Å². The summed E-state index contributed by atoms with van der Waals surface area (Å²) in [6.45, 7) is 7.06. The van der Waals surface area contributed by atoms with Crippen molar-refractivity contribution in [2.75, 3.05) is 39.1 Å². The number of rotatable bonds is 9. The van der Waals surface area contributed by atoms with Crippen molar-refractivity contribution in [3.63, 3.8) is 0 Å². The first kappa shape index (κ1) is 22.4. The molecule has 0 bridgehead atoms. The zero-order valence-electron chi connectivity index (χ0n) is 18.0. The van der Waals surface area contributed by atoms with Crippen molar-refractivity contribution in [3.8, 4) is 5.75 Å². The number of aryl methyl sites for hydroxylation is 3. The first-order valence-electron chi connectivity index (χ1n) is 9.87. The van der Waals surface area contributed by atoms with Crippen LogP contribution in [-0.2, 0) is 16.0 Å². The Kier molecular flexibility index (Phi) is 8.21. The molecule has 2 aromatic rings. The second-order valence-electron chi connectivity index (χ2n) is 7.58. The monoisotopic (exact) mass is 398 g/mol. The van der Waals surface area contributed by atoms with Crippen molar-refractivity contribution < 1.29 is 19.2 Å². The van der Waals surface area contributed by atoms with Crippen molar-refractivity contribution in [1.29, 1.82) is 0 Å². The number of likely N-dealkylation sites (N-methyl/N-ethyl adjacent to an activating group) is 1. The smallest absolute Gasteiger partial charge is 0.279 e. The largest absolute Gasteiger partial charge is 0.497 e. The molecule has 0 aliphatic carbocycles. The second-order valence-corrected chi connectivity index (χ2v) is 7.58. The molecule has 0 aliphatic rings. The molecule has 0 heterocycles. The number of hydrogen-bond acceptors (Lipinski definition) is 3. The molecule has 29 heavy (non-hydrogen) atoms. The Hall–Kier alpha value is -2.86. The maximum absolute atomic E-state index is 12.4. The minimum atomic E-state index is -0.0939. The van der Waals surface area contributed by atoms with Gasteiger partial charge in [-0.25, -0.2) is 0 Å². The van der Waals surface area contributed by atoms with Gasteiger partial charge in [0.05, 0.1) is 14.2 Å². The molecule has 0 fully saturated rings. The van der Waals surface area contributed by atoms with Crippen LogP contribution in [0.2, 0.25) is 0 Å². The van der Waals surface area contributed by atoms with Crippen LogP contribution in [0.15, 0.2) is 36.4 Å². The lowest BCUT2D eigenvalue weighted by atomic mass is 10.1. The molecule has 1 atom stereocenters. The van der Waals surface area contributed by atoms with E-state index in [0.29, 0.717) is 6.54 Å². The van der Waals surface area contributed by atoms with Gasteiger partial charge in [-0.05, 0) is 56.0 Å². The minimum absolute atomic E-state index is 0.0634. The van der Waals surface area contributed by atoms with Gasteiger partial charge in [0.25, 0.3) is 11.8 Å². The predicted octanol–water partition coefficient (Wildman–Crippen LogP) is 1.43. The van der Waals surface area contributed by atoms with Crippen LogP contribution >= 0.6 is 0 Å². The summed E-state index contributed by atoms with van der Waals surface area (Å²) in [5.41, 5.74) is 5.26. The Morgan fingerprint density at radius 3 is 2.14 bits per heavy atom. The summed E-state index contributed by atoms with van der Waals surface area (Å²) in [7, 11) is 3.48. The van der Waals surface area contributed by atoms with E-state index in [0.717, 1.165) is 39.4 Å². The number of hydrogen-bond donors (Lipinski definition) is 3. The van der Waals surface area contributed by atoms with Gasteiger partial charge in [0, 0.05) is 12.2 Å². The van der Waals surface area contributed by atoms with Crippen molar-refractivity contribution in [2.45, 2.75) is 27.2 Å². The highest BCUT2D eigenvalue weighted by Crippen LogP contribution is 2.21. The zero-order valence-corrected chi connectivity index (χ0v) is 18.0. The number of amides is 2. The molecule has 3 N–H and O–H groups in total. The summed E-state index contributed by atoms with van der Waals surface area (Å²) in [6, 6.07) is 11.9. The van der Waals surface area contributed by atoms with Crippen molar-refractivity contribution in [2.24, 2.45) is 0 Å². The van der Waals surface area contributed by atoms with Crippen LogP contribution in [-0.4, -0.2) is 45.6 Å². The van der Waals surface area contributed by atoms with E-state index in [1.165, 1.54) is 5.56 Å². The third-order valence-electron chi connectivity index (χ3n) is 4.76. The molecule has 0 aromatic heterocycles. The van der Waals surface area contributed by atoms with Crippen LogP contribution < -0.4 is 20.3 Å². The summed E-state index contributed by atoms with van der Waals surface area (Å²) < 4.78 is 5.14. The first-order valence-corrected chi connectivity index (χ1v) is 9.87. The van der Waals surface area contributed by atoms with E-state index in [4.69, 9.17) is 4.74 Å². The molecule has 0 saturated carbocycles. The fraction of sp³-hybridized carbons (Fsp3) is 0.391. The molecule has 2 amide bonds. The van der Waals surface area contributed by atoms with E-state index in [1.54, 1.807) is 7.11 Å². The molecule has 0 saturated heterocycles. The van der Waals surface area contributed by atoms with Gasteiger partial charge in [0.1, 0.15) is 5.75 Å². The lowest BCUT2D eigenvalue weighted by molar-refractivity contribution is -0.862. The summed E-state index contributed by atoms with van der Waals surface area (Å²) in [6.07, 6.45) is 0.751. The van der Waals surface area contributed by atoms with Gasteiger partial charge >= 0.3 is 0 Å². The van der Waals surface area contributed by atoms with Gasteiger partial charge in [-0.3, -0.25) is 9.59 Å². The molecule has 6 nitrogen and oxygen atoms in total. The Labute approximate surface area is 173 Å². The van der Waals surface area contributed by atoms with Crippen LogP contribution in [0.5, 0.6) is 5.75 Å². The number of nitrogens with one attached hydrogen (secondary N) is 3. The van der Waals surface area contributed by atoms with Gasteiger partial charge in [-0.1, -0.05) is 29.8 Å². The topological polar surface area (TPSA) is 71.9 Å². The quantitative estimate of drug-likeness (QED) is 0.598. The third kappa shape index (κ3) is 7.23. The van der Waals surface area contributed by atoms with E-state index in [-0.39, 0.29) is 24.9 Å². The van der Waals surface area contributed by atoms with Crippen LogP contribution in [0.3, 0.4) is 0 Å². The zero-order chi connectivity index (χ0) is 21.4. The first-order chi connectivity index (χ1) is 13.8. The van der Waals surface area contributed by atoms with Crippen LogP contribution in [0.4, 0.5) is 5.69 Å². The summed E-state index contributed by atoms with van der Waals surface area (Å²) in [5.74, 6) is 0.660. The maximum atomic E-state index is 12.4. The molecule has 2 rings (SSSR count).